The fourth-order valence-electron chi connectivity index (χ4n) is 1.53. The van der Waals surface area contributed by atoms with Gasteiger partial charge in [0.15, 0.2) is 0 Å². The lowest BCUT2D eigenvalue weighted by Crippen LogP contribution is -2.48. The maximum Gasteiger partial charge on any atom is 0.233 e. The molecule has 0 spiro atoms. The van der Waals surface area contributed by atoms with E-state index < -0.39 is 0 Å². The lowest BCUT2D eigenvalue weighted by atomic mass is 9.95. The lowest BCUT2D eigenvalue weighted by Gasteiger charge is -2.36. The monoisotopic (exact) mass is 188 g/mol. The zero-order valence-electron chi connectivity index (χ0n) is 7.67. The minimum Gasteiger partial charge on any atom is -0.368 e. The summed E-state index contributed by atoms with van der Waals surface area (Å²) >= 11 is 1.60. The quantitative estimate of drug-likeness (QED) is 0.678. The molecule has 1 aliphatic heterocycles. The fraction of sp³-hybridized carbons (Fsp3) is 0.875. The molecule has 70 valence electrons. The highest BCUT2D eigenvalue weighted by atomic mass is 32.2. The molecule has 0 bridgehead atoms. The van der Waals surface area contributed by atoms with Crippen LogP contribution in [-0.4, -0.2) is 41.9 Å². The van der Waals surface area contributed by atoms with E-state index in [1.165, 1.54) is 0 Å². The molecule has 1 heterocycles. The van der Waals surface area contributed by atoms with E-state index in [1.54, 1.807) is 11.8 Å². The van der Waals surface area contributed by atoms with Crippen LogP contribution in [0.4, 0.5) is 0 Å². The maximum absolute atomic E-state index is 11.2. The van der Waals surface area contributed by atoms with Crippen molar-refractivity contribution in [1.82, 2.24) is 4.90 Å². The van der Waals surface area contributed by atoms with Gasteiger partial charge in [-0.15, -0.1) is 11.8 Å². The number of likely N-dealkylation sites (tertiary alicyclic amines) is 1. The Hall–Kier alpha value is -0.220. The maximum atomic E-state index is 11.2. The van der Waals surface area contributed by atoms with Gasteiger partial charge in [-0.2, -0.15) is 0 Å². The minimum atomic E-state index is -0.285. The molecule has 1 fully saturated rings. The third-order valence-electron chi connectivity index (χ3n) is 2.63. The normalized spacial score (nSPS) is 23.8. The molecule has 1 amide bonds. The summed E-state index contributed by atoms with van der Waals surface area (Å²) in [4.78, 5) is 13.4. The number of primary amides is 1. The number of hydrogen-bond acceptors (Lipinski definition) is 3. The van der Waals surface area contributed by atoms with Crippen LogP contribution in [0.3, 0.4) is 0 Å². The van der Waals surface area contributed by atoms with Crippen LogP contribution < -0.4 is 5.73 Å². The van der Waals surface area contributed by atoms with Crippen LogP contribution in [0.15, 0.2) is 0 Å². The highest BCUT2D eigenvalue weighted by Crippen LogP contribution is 2.33. The Bertz CT molecular complexity index is 176. The number of nitrogens with zero attached hydrogens (tertiary/aromatic N) is 1. The SMILES string of the molecule is CSC1(C(N)=O)CCN(C)CC1. The van der Waals surface area contributed by atoms with Gasteiger partial charge >= 0.3 is 0 Å². The minimum absolute atomic E-state index is 0.150. The molecule has 12 heavy (non-hydrogen) atoms. The van der Waals surface area contributed by atoms with E-state index in [0.717, 1.165) is 25.9 Å². The predicted molar refractivity (Wildman–Crippen MR) is 52.2 cm³/mol. The van der Waals surface area contributed by atoms with Gasteiger partial charge in [0.1, 0.15) is 0 Å². The molecule has 1 saturated heterocycles. The Morgan fingerprint density at radius 2 is 2.00 bits per heavy atom. The molecule has 1 aliphatic rings. The number of thioether (sulfide) groups is 1. The van der Waals surface area contributed by atoms with Crippen LogP contribution in [0, 0.1) is 0 Å². The highest BCUT2D eigenvalue weighted by molar-refractivity contribution is 8.00. The predicted octanol–water partition coefficient (Wildman–Crippen LogP) is 0.299. The first-order valence-corrected chi connectivity index (χ1v) is 5.37. The fourth-order valence-corrected chi connectivity index (χ4v) is 2.32. The summed E-state index contributed by atoms with van der Waals surface area (Å²) in [6.45, 7) is 1.95. The van der Waals surface area contributed by atoms with Crippen molar-refractivity contribution < 1.29 is 4.79 Å². The van der Waals surface area contributed by atoms with Crippen molar-refractivity contribution in [1.29, 1.82) is 0 Å². The van der Waals surface area contributed by atoms with Crippen LogP contribution in [0.2, 0.25) is 0 Å². The van der Waals surface area contributed by atoms with Crippen molar-refractivity contribution in [2.75, 3.05) is 26.4 Å². The summed E-state index contributed by atoms with van der Waals surface area (Å²) in [7, 11) is 2.07. The van der Waals surface area contributed by atoms with Crippen LogP contribution in [0.25, 0.3) is 0 Å². The molecule has 0 radical (unpaired) electrons. The van der Waals surface area contributed by atoms with Gasteiger partial charge in [0.25, 0.3) is 0 Å². The molecule has 3 nitrogen and oxygen atoms in total. The molecule has 1 rings (SSSR count). The van der Waals surface area contributed by atoms with E-state index in [2.05, 4.69) is 11.9 Å². The van der Waals surface area contributed by atoms with E-state index in [4.69, 9.17) is 5.73 Å². The van der Waals surface area contributed by atoms with E-state index in [0.29, 0.717) is 0 Å². The van der Waals surface area contributed by atoms with Crippen LogP contribution >= 0.6 is 11.8 Å². The number of carbonyl (C=O) groups is 1. The molecule has 4 heteroatoms. The molecule has 0 aromatic carbocycles. The van der Waals surface area contributed by atoms with Gasteiger partial charge in [-0.3, -0.25) is 4.79 Å². The number of nitrogens with two attached hydrogens (primary N) is 1. The Kier molecular flexibility index (Phi) is 3.01. The van der Waals surface area contributed by atoms with Gasteiger partial charge in [0, 0.05) is 0 Å². The molecule has 0 unspecified atom stereocenters. The van der Waals surface area contributed by atoms with Crippen molar-refractivity contribution in [2.45, 2.75) is 17.6 Å². The van der Waals surface area contributed by atoms with Gasteiger partial charge in [0.2, 0.25) is 5.91 Å². The second-order valence-corrected chi connectivity index (χ2v) is 4.56. The number of rotatable bonds is 2. The van der Waals surface area contributed by atoms with E-state index in [-0.39, 0.29) is 10.7 Å². The zero-order chi connectivity index (χ0) is 9.19. The number of piperidine rings is 1. The summed E-state index contributed by atoms with van der Waals surface area (Å²) in [6.07, 6.45) is 3.75. The van der Waals surface area contributed by atoms with Gasteiger partial charge < -0.3 is 10.6 Å². The van der Waals surface area contributed by atoms with E-state index in [1.807, 2.05) is 6.26 Å². The summed E-state index contributed by atoms with van der Waals surface area (Å²) in [5, 5.41) is 0. The summed E-state index contributed by atoms with van der Waals surface area (Å²) in [6, 6.07) is 0. The van der Waals surface area contributed by atoms with Crippen molar-refractivity contribution >= 4 is 17.7 Å². The summed E-state index contributed by atoms with van der Waals surface area (Å²) < 4.78 is -0.285. The van der Waals surface area contributed by atoms with E-state index >= 15 is 0 Å². The Morgan fingerprint density at radius 1 is 1.50 bits per heavy atom. The zero-order valence-corrected chi connectivity index (χ0v) is 8.49. The average molecular weight is 188 g/mol. The number of hydrogen-bond donors (Lipinski definition) is 1. The van der Waals surface area contributed by atoms with Crippen molar-refractivity contribution in [2.24, 2.45) is 5.73 Å². The summed E-state index contributed by atoms with van der Waals surface area (Å²) in [5.74, 6) is -0.150. The molecule has 0 aromatic rings. The third kappa shape index (κ3) is 1.75. The second kappa shape index (κ2) is 3.66. The molecule has 2 N–H and O–H groups in total. The second-order valence-electron chi connectivity index (χ2n) is 3.37. The largest absolute Gasteiger partial charge is 0.368 e. The molecule has 0 aromatic heterocycles. The van der Waals surface area contributed by atoms with Gasteiger partial charge in [0.05, 0.1) is 4.75 Å². The molecule has 0 atom stereocenters. The number of amides is 1. The molecular weight excluding hydrogens is 172 g/mol. The molecular formula is C8H16N2OS. The van der Waals surface area contributed by atoms with Crippen LogP contribution in [0.1, 0.15) is 12.8 Å². The average Bonchev–Trinajstić information content (AvgIpc) is 2.06. The van der Waals surface area contributed by atoms with Crippen LogP contribution in [0.5, 0.6) is 0 Å². The molecule has 0 aliphatic carbocycles. The standard InChI is InChI=1S/C8H16N2OS/c1-10-5-3-8(12-2,4-6-10)7(9)11/h3-6H2,1-2H3,(H2,9,11). The van der Waals surface area contributed by atoms with E-state index in [9.17, 15) is 4.79 Å². The number of carbonyl (C=O) groups excluding carboxylic acids is 1. The van der Waals surface area contributed by atoms with Crippen molar-refractivity contribution in [3.8, 4) is 0 Å². The highest BCUT2D eigenvalue weighted by Gasteiger charge is 2.38. The van der Waals surface area contributed by atoms with Crippen molar-refractivity contribution in [3.05, 3.63) is 0 Å². The first-order chi connectivity index (χ1) is 5.60. The van der Waals surface area contributed by atoms with Gasteiger partial charge in [-0.25, -0.2) is 0 Å². The van der Waals surface area contributed by atoms with Crippen molar-refractivity contribution in [3.63, 3.8) is 0 Å². The Morgan fingerprint density at radius 3 is 2.33 bits per heavy atom. The lowest BCUT2D eigenvalue weighted by molar-refractivity contribution is -0.121. The van der Waals surface area contributed by atoms with Gasteiger partial charge in [-0.1, -0.05) is 0 Å². The molecule has 0 saturated carbocycles. The Labute approximate surface area is 77.7 Å². The first kappa shape index (κ1) is 9.86. The topological polar surface area (TPSA) is 46.3 Å². The Balaban J connectivity index is 2.63. The van der Waals surface area contributed by atoms with Gasteiger partial charge in [-0.05, 0) is 39.2 Å². The summed E-state index contributed by atoms with van der Waals surface area (Å²) in [5.41, 5.74) is 5.38. The smallest absolute Gasteiger partial charge is 0.233 e. The first-order valence-electron chi connectivity index (χ1n) is 4.14. The van der Waals surface area contributed by atoms with Crippen LogP contribution in [-0.2, 0) is 4.79 Å². The third-order valence-corrected chi connectivity index (χ3v) is 4.03.